The molecule has 1 rings (SSSR count). The third-order valence-electron chi connectivity index (χ3n) is 3.59. The highest BCUT2D eigenvalue weighted by molar-refractivity contribution is 5.76. The summed E-state index contributed by atoms with van der Waals surface area (Å²) in [6.07, 6.45) is -2.92. The van der Waals surface area contributed by atoms with E-state index in [1.165, 1.54) is 13.2 Å². The first-order chi connectivity index (χ1) is 12.3. The summed E-state index contributed by atoms with van der Waals surface area (Å²) in [5.74, 6) is 0.264. The van der Waals surface area contributed by atoms with E-state index in [2.05, 4.69) is 0 Å². The summed E-state index contributed by atoms with van der Waals surface area (Å²) in [6.45, 7) is 0.881. The minimum Gasteiger partial charge on any atom is -0.493 e. The second-order valence-corrected chi connectivity index (χ2v) is 5.71. The van der Waals surface area contributed by atoms with Crippen LogP contribution in [0.1, 0.15) is 38.2 Å². The first-order valence-corrected chi connectivity index (χ1v) is 8.36. The average molecular weight is 372 g/mol. The van der Waals surface area contributed by atoms with Crippen LogP contribution in [-0.2, 0) is 4.79 Å². The Morgan fingerprint density at radius 3 is 2.58 bits per heavy atom. The molecule has 0 heterocycles. The number of halogens is 3. The lowest BCUT2D eigenvalue weighted by molar-refractivity contribution is -0.161. The number of benzene rings is 1. The SMILES string of the molecule is CCCCN(CC(F)(F)F)C(=O)CCCOc1ccc(C#N)cc1OC. The van der Waals surface area contributed by atoms with E-state index in [9.17, 15) is 18.0 Å². The maximum atomic E-state index is 12.6. The van der Waals surface area contributed by atoms with E-state index in [0.717, 1.165) is 4.90 Å². The molecule has 0 fully saturated rings. The summed E-state index contributed by atoms with van der Waals surface area (Å²) in [6, 6.07) is 6.65. The number of hydrogen-bond acceptors (Lipinski definition) is 4. The first-order valence-electron chi connectivity index (χ1n) is 8.36. The first kappa shape index (κ1) is 21.6. The van der Waals surface area contributed by atoms with Gasteiger partial charge in [-0.25, -0.2) is 0 Å². The summed E-state index contributed by atoms with van der Waals surface area (Å²) >= 11 is 0. The van der Waals surface area contributed by atoms with Gasteiger partial charge in [-0.3, -0.25) is 4.79 Å². The Kier molecular flexibility index (Phi) is 8.76. The van der Waals surface area contributed by atoms with E-state index >= 15 is 0 Å². The van der Waals surface area contributed by atoms with Gasteiger partial charge in [0.2, 0.25) is 5.91 Å². The fraction of sp³-hybridized carbons (Fsp3) is 0.556. The molecule has 0 aromatic heterocycles. The van der Waals surface area contributed by atoms with Crippen LogP contribution in [0.25, 0.3) is 0 Å². The van der Waals surface area contributed by atoms with Crippen molar-refractivity contribution < 1.29 is 27.4 Å². The minimum absolute atomic E-state index is 0.0294. The molecule has 144 valence electrons. The lowest BCUT2D eigenvalue weighted by atomic mass is 10.2. The smallest absolute Gasteiger partial charge is 0.406 e. The maximum Gasteiger partial charge on any atom is 0.406 e. The number of carbonyl (C=O) groups is 1. The number of nitrogens with zero attached hydrogens (tertiary/aromatic N) is 2. The van der Waals surface area contributed by atoms with Crippen LogP contribution in [0.15, 0.2) is 18.2 Å². The van der Waals surface area contributed by atoms with Gasteiger partial charge in [-0.2, -0.15) is 18.4 Å². The quantitative estimate of drug-likeness (QED) is 0.584. The predicted molar refractivity (Wildman–Crippen MR) is 90.0 cm³/mol. The second-order valence-electron chi connectivity index (χ2n) is 5.71. The van der Waals surface area contributed by atoms with Gasteiger partial charge in [-0.1, -0.05) is 13.3 Å². The molecule has 0 atom stereocenters. The van der Waals surface area contributed by atoms with E-state index in [1.54, 1.807) is 12.1 Å². The Morgan fingerprint density at radius 2 is 2.00 bits per heavy atom. The van der Waals surface area contributed by atoms with Gasteiger partial charge < -0.3 is 14.4 Å². The van der Waals surface area contributed by atoms with Gasteiger partial charge in [-0.15, -0.1) is 0 Å². The Bertz CT molecular complexity index is 627. The van der Waals surface area contributed by atoms with Gasteiger partial charge in [0.15, 0.2) is 11.5 Å². The summed E-state index contributed by atoms with van der Waals surface area (Å²) in [5, 5.41) is 8.85. The zero-order valence-electron chi connectivity index (χ0n) is 14.9. The monoisotopic (exact) mass is 372 g/mol. The van der Waals surface area contributed by atoms with Crippen molar-refractivity contribution >= 4 is 5.91 Å². The molecule has 0 aliphatic rings. The number of alkyl halides is 3. The highest BCUT2D eigenvalue weighted by Gasteiger charge is 2.32. The Hall–Kier alpha value is -2.43. The number of amides is 1. The van der Waals surface area contributed by atoms with Crippen LogP contribution in [0, 0.1) is 11.3 Å². The molecule has 1 amide bonds. The summed E-state index contributed by atoms with van der Waals surface area (Å²) in [7, 11) is 1.44. The third-order valence-corrected chi connectivity index (χ3v) is 3.59. The number of carbonyl (C=O) groups excluding carboxylic acids is 1. The molecule has 0 bridgehead atoms. The van der Waals surface area contributed by atoms with Gasteiger partial charge in [-0.05, 0) is 25.0 Å². The predicted octanol–water partition coefficient (Wildman–Crippen LogP) is 3.92. The Balaban J connectivity index is 2.52. The number of nitriles is 1. The molecular formula is C18H23F3N2O3. The van der Waals surface area contributed by atoms with Gasteiger partial charge in [0, 0.05) is 19.0 Å². The van der Waals surface area contributed by atoms with Crippen molar-refractivity contribution in [2.45, 2.75) is 38.8 Å². The molecule has 0 unspecified atom stereocenters. The Morgan fingerprint density at radius 1 is 1.27 bits per heavy atom. The maximum absolute atomic E-state index is 12.6. The van der Waals surface area contributed by atoms with E-state index in [0.29, 0.717) is 29.9 Å². The average Bonchev–Trinajstić information content (AvgIpc) is 2.61. The minimum atomic E-state index is -4.41. The second kappa shape index (κ2) is 10.5. The van der Waals surface area contributed by atoms with Gasteiger partial charge >= 0.3 is 6.18 Å². The van der Waals surface area contributed by atoms with Crippen LogP contribution < -0.4 is 9.47 Å². The molecule has 0 radical (unpaired) electrons. The summed E-state index contributed by atoms with van der Waals surface area (Å²) in [5.41, 5.74) is 0.420. The highest BCUT2D eigenvalue weighted by atomic mass is 19.4. The zero-order valence-corrected chi connectivity index (χ0v) is 14.9. The fourth-order valence-corrected chi connectivity index (χ4v) is 2.28. The van der Waals surface area contributed by atoms with Gasteiger partial charge in [0.1, 0.15) is 6.54 Å². The molecule has 0 aliphatic carbocycles. The van der Waals surface area contributed by atoms with Crippen LogP contribution in [-0.4, -0.2) is 43.8 Å². The number of unbranched alkanes of at least 4 members (excludes halogenated alkanes) is 1. The van der Waals surface area contributed by atoms with Crippen molar-refractivity contribution in [1.82, 2.24) is 4.90 Å². The van der Waals surface area contributed by atoms with Crippen molar-refractivity contribution in [3.8, 4) is 17.6 Å². The summed E-state index contributed by atoms with van der Waals surface area (Å²) < 4.78 is 48.4. The molecular weight excluding hydrogens is 349 g/mol. The molecule has 0 N–H and O–H groups in total. The Labute approximate surface area is 151 Å². The topological polar surface area (TPSA) is 62.6 Å². The van der Waals surface area contributed by atoms with Crippen LogP contribution >= 0.6 is 0 Å². The van der Waals surface area contributed by atoms with Crippen molar-refractivity contribution in [1.29, 1.82) is 5.26 Å². The van der Waals surface area contributed by atoms with E-state index < -0.39 is 18.6 Å². The van der Waals surface area contributed by atoms with Crippen LogP contribution in [0.5, 0.6) is 11.5 Å². The lowest BCUT2D eigenvalue weighted by Crippen LogP contribution is -2.39. The lowest BCUT2D eigenvalue weighted by Gasteiger charge is -2.24. The highest BCUT2D eigenvalue weighted by Crippen LogP contribution is 2.28. The number of ether oxygens (including phenoxy) is 2. The van der Waals surface area contributed by atoms with E-state index in [1.807, 2.05) is 13.0 Å². The van der Waals surface area contributed by atoms with Crippen LogP contribution in [0.3, 0.4) is 0 Å². The fourth-order valence-electron chi connectivity index (χ4n) is 2.28. The van der Waals surface area contributed by atoms with Crippen molar-refractivity contribution in [2.75, 3.05) is 26.8 Å². The number of methoxy groups -OCH3 is 1. The zero-order chi connectivity index (χ0) is 19.6. The van der Waals surface area contributed by atoms with Gasteiger partial charge in [0.25, 0.3) is 0 Å². The normalized spacial score (nSPS) is 10.9. The largest absolute Gasteiger partial charge is 0.493 e. The third kappa shape index (κ3) is 7.64. The van der Waals surface area contributed by atoms with Crippen molar-refractivity contribution in [3.63, 3.8) is 0 Å². The van der Waals surface area contributed by atoms with Crippen LogP contribution in [0.4, 0.5) is 13.2 Å². The molecule has 0 aliphatic heterocycles. The van der Waals surface area contributed by atoms with Gasteiger partial charge in [0.05, 0.1) is 25.3 Å². The van der Waals surface area contributed by atoms with Crippen molar-refractivity contribution in [3.05, 3.63) is 23.8 Å². The van der Waals surface area contributed by atoms with Crippen LogP contribution in [0.2, 0.25) is 0 Å². The molecule has 26 heavy (non-hydrogen) atoms. The molecule has 0 saturated heterocycles. The van der Waals surface area contributed by atoms with E-state index in [-0.39, 0.29) is 26.0 Å². The molecule has 0 saturated carbocycles. The molecule has 1 aromatic carbocycles. The molecule has 5 nitrogen and oxygen atoms in total. The molecule has 0 spiro atoms. The molecule has 1 aromatic rings. The molecule has 8 heteroatoms. The standard InChI is InChI=1S/C18H23F3N2O3/c1-3-4-9-23(13-18(19,20)21)17(24)6-5-10-26-15-8-7-14(12-22)11-16(15)25-2/h7-8,11H,3-6,9-10,13H2,1-2H3. The van der Waals surface area contributed by atoms with Crippen molar-refractivity contribution in [2.24, 2.45) is 0 Å². The summed E-state index contributed by atoms with van der Waals surface area (Å²) in [4.78, 5) is 12.9. The number of hydrogen-bond donors (Lipinski definition) is 0. The van der Waals surface area contributed by atoms with E-state index in [4.69, 9.17) is 14.7 Å². The number of rotatable bonds is 10.